The summed E-state index contributed by atoms with van der Waals surface area (Å²) < 4.78 is 25.5. The van der Waals surface area contributed by atoms with Crippen LogP contribution in [0.1, 0.15) is 0 Å². The molecule has 0 radical (unpaired) electrons. The molecule has 0 fully saturated rings. The van der Waals surface area contributed by atoms with Crippen molar-refractivity contribution in [2.75, 3.05) is 0 Å². The second-order valence-electron chi connectivity index (χ2n) is 2.27. The van der Waals surface area contributed by atoms with Crippen molar-refractivity contribution >= 4 is 11.4 Å². The van der Waals surface area contributed by atoms with E-state index in [9.17, 15) is 29.0 Å². The summed E-state index contributed by atoms with van der Waals surface area (Å²) in [5.41, 5.74) is -2.51. The third-order valence-corrected chi connectivity index (χ3v) is 1.39. The molecule has 0 aliphatic carbocycles. The van der Waals surface area contributed by atoms with Crippen LogP contribution in [0.3, 0.4) is 0 Å². The summed E-state index contributed by atoms with van der Waals surface area (Å²) in [6.45, 7) is 0. The number of nitro groups is 2. The van der Waals surface area contributed by atoms with Gasteiger partial charge in [0, 0.05) is 0 Å². The standard InChI is InChI=1S/C6H2F2N2O4/c7-3-1-4(9(11)12)6(8)5(2-3)10(13)14/h1-2H. The Kier molecular flexibility index (Phi) is 2.36. The Morgan fingerprint density at radius 3 is 1.64 bits per heavy atom. The fourth-order valence-electron chi connectivity index (χ4n) is 0.827. The van der Waals surface area contributed by atoms with Gasteiger partial charge in [-0.25, -0.2) is 4.39 Å². The average Bonchev–Trinajstić information content (AvgIpc) is 2.07. The Bertz CT molecular complexity index is 385. The molecule has 1 rings (SSSR count). The van der Waals surface area contributed by atoms with Gasteiger partial charge < -0.3 is 0 Å². The lowest BCUT2D eigenvalue weighted by Gasteiger charge is -1.95. The third-order valence-electron chi connectivity index (χ3n) is 1.39. The number of hydrogen-bond donors (Lipinski definition) is 0. The van der Waals surface area contributed by atoms with E-state index in [4.69, 9.17) is 0 Å². The van der Waals surface area contributed by atoms with E-state index < -0.39 is 32.9 Å². The van der Waals surface area contributed by atoms with Gasteiger partial charge in [-0.3, -0.25) is 20.2 Å². The summed E-state index contributed by atoms with van der Waals surface area (Å²) in [7, 11) is 0. The first-order valence-corrected chi connectivity index (χ1v) is 3.21. The first-order valence-electron chi connectivity index (χ1n) is 3.21. The predicted octanol–water partition coefficient (Wildman–Crippen LogP) is 1.78. The molecule has 6 nitrogen and oxygen atoms in total. The van der Waals surface area contributed by atoms with Crippen LogP contribution < -0.4 is 0 Å². The molecule has 0 aliphatic rings. The summed E-state index contributed by atoms with van der Waals surface area (Å²) in [4.78, 5) is 17.8. The van der Waals surface area contributed by atoms with Crippen molar-refractivity contribution in [2.45, 2.75) is 0 Å². The Morgan fingerprint density at radius 1 is 1.00 bits per heavy atom. The molecular weight excluding hydrogens is 202 g/mol. The number of benzene rings is 1. The lowest BCUT2D eigenvalue weighted by molar-refractivity contribution is -0.399. The molecule has 0 spiro atoms. The maximum atomic E-state index is 12.9. The molecule has 74 valence electrons. The Balaban J connectivity index is 3.47. The van der Waals surface area contributed by atoms with E-state index in [1.165, 1.54) is 0 Å². The van der Waals surface area contributed by atoms with Gasteiger partial charge in [-0.15, -0.1) is 0 Å². The second kappa shape index (κ2) is 3.32. The van der Waals surface area contributed by atoms with Crippen LogP contribution in [-0.4, -0.2) is 9.85 Å². The summed E-state index contributed by atoms with van der Waals surface area (Å²) in [6, 6.07) is 0.560. The molecule has 0 N–H and O–H groups in total. The fourth-order valence-corrected chi connectivity index (χ4v) is 0.827. The highest BCUT2D eigenvalue weighted by Crippen LogP contribution is 2.27. The van der Waals surface area contributed by atoms with E-state index >= 15 is 0 Å². The number of rotatable bonds is 2. The second-order valence-corrected chi connectivity index (χ2v) is 2.27. The normalized spacial score (nSPS) is 9.86. The highest BCUT2D eigenvalue weighted by atomic mass is 19.1. The quantitative estimate of drug-likeness (QED) is 0.542. The summed E-state index contributed by atoms with van der Waals surface area (Å²) in [6.07, 6.45) is 0. The number of nitro benzene ring substituents is 2. The number of hydrogen-bond acceptors (Lipinski definition) is 4. The van der Waals surface area contributed by atoms with Crippen LogP contribution in [0, 0.1) is 31.9 Å². The molecule has 0 saturated heterocycles. The number of halogens is 2. The Labute approximate surface area is 75.1 Å². The SMILES string of the molecule is O=[N+]([O-])c1cc(F)cc([N+](=O)[O-])c1F. The van der Waals surface area contributed by atoms with E-state index in [1.807, 2.05) is 0 Å². The molecule has 0 saturated carbocycles. The van der Waals surface area contributed by atoms with Crippen LogP contribution in [0.15, 0.2) is 12.1 Å². The first kappa shape index (κ1) is 9.96. The summed E-state index contributed by atoms with van der Waals surface area (Å²) in [5, 5.41) is 20.3. The molecule has 14 heavy (non-hydrogen) atoms. The van der Waals surface area contributed by atoms with E-state index in [-0.39, 0.29) is 12.1 Å². The van der Waals surface area contributed by atoms with Crippen molar-refractivity contribution in [3.05, 3.63) is 44.0 Å². The molecular formula is C6H2F2N2O4. The van der Waals surface area contributed by atoms with E-state index in [1.54, 1.807) is 0 Å². The first-order chi connectivity index (χ1) is 6.43. The minimum atomic E-state index is -1.65. The Hall–Kier alpha value is -2.12. The van der Waals surface area contributed by atoms with Crippen molar-refractivity contribution in [3.63, 3.8) is 0 Å². The van der Waals surface area contributed by atoms with Gasteiger partial charge in [-0.1, -0.05) is 0 Å². The molecule has 0 amide bonds. The van der Waals surface area contributed by atoms with Gasteiger partial charge in [0.1, 0.15) is 5.82 Å². The molecule has 0 heterocycles. The zero-order valence-electron chi connectivity index (χ0n) is 6.44. The maximum absolute atomic E-state index is 12.9. The largest absolute Gasteiger partial charge is 0.314 e. The van der Waals surface area contributed by atoms with Crippen LogP contribution in [0.5, 0.6) is 0 Å². The van der Waals surface area contributed by atoms with Crippen LogP contribution in [0.4, 0.5) is 20.2 Å². The van der Waals surface area contributed by atoms with Crippen molar-refractivity contribution in [2.24, 2.45) is 0 Å². The van der Waals surface area contributed by atoms with Gasteiger partial charge in [0.25, 0.3) is 5.82 Å². The Morgan fingerprint density at radius 2 is 1.36 bits per heavy atom. The molecule has 0 aromatic heterocycles. The van der Waals surface area contributed by atoms with E-state index in [0.29, 0.717) is 0 Å². The molecule has 0 atom stereocenters. The minimum Gasteiger partial charge on any atom is -0.258 e. The van der Waals surface area contributed by atoms with Gasteiger partial charge >= 0.3 is 11.4 Å². The molecule has 1 aromatic carbocycles. The molecule has 8 heteroatoms. The van der Waals surface area contributed by atoms with Crippen molar-refractivity contribution in [1.29, 1.82) is 0 Å². The van der Waals surface area contributed by atoms with Gasteiger partial charge in [0.15, 0.2) is 0 Å². The monoisotopic (exact) mass is 204 g/mol. The highest BCUT2D eigenvalue weighted by Gasteiger charge is 2.26. The third kappa shape index (κ3) is 1.63. The van der Waals surface area contributed by atoms with Crippen LogP contribution >= 0.6 is 0 Å². The minimum absolute atomic E-state index is 0.280. The van der Waals surface area contributed by atoms with Gasteiger partial charge in [0.05, 0.1) is 22.0 Å². The van der Waals surface area contributed by atoms with Gasteiger partial charge in [-0.05, 0) is 0 Å². The highest BCUT2D eigenvalue weighted by molar-refractivity contribution is 5.45. The van der Waals surface area contributed by atoms with Crippen molar-refractivity contribution < 1.29 is 18.6 Å². The van der Waals surface area contributed by atoms with Crippen LogP contribution in [-0.2, 0) is 0 Å². The zero-order chi connectivity index (χ0) is 10.9. The predicted molar refractivity (Wildman–Crippen MR) is 39.7 cm³/mol. The van der Waals surface area contributed by atoms with Crippen molar-refractivity contribution in [1.82, 2.24) is 0 Å². The molecule has 0 aliphatic heterocycles. The van der Waals surface area contributed by atoms with Crippen LogP contribution in [0.2, 0.25) is 0 Å². The maximum Gasteiger partial charge on any atom is 0.314 e. The molecule has 0 bridgehead atoms. The number of nitrogens with zero attached hydrogens (tertiary/aromatic N) is 2. The lowest BCUT2D eigenvalue weighted by Crippen LogP contribution is -1.99. The lowest BCUT2D eigenvalue weighted by atomic mass is 10.2. The molecule has 0 unspecified atom stereocenters. The summed E-state index contributed by atoms with van der Waals surface area (Å²) >= 11 is 0. The van der Waals surface area contributed by atoms with Gasteiger partial charge in [-0.2, -0.15) is 4.39 Å². The molecule has 1 aromatic rings. The van der Waals surface area contributed by atoms with Gasteiger partial charge in [0.2, 0.25) is 0 Å². The average molecular weight is 204 g/mol. The van der Waals surface area contributed by atoms with E-state index in [2.05, 4.69) is 0 Å². The van der Waals surface area contributed by atoms with Crippen LogP contribution in [0.25, 0.3) is 0 Å². The zero-order valence-corrected chi connectivity index (χ0v) is 6.44. The van der Waals surface area contributed by atoms with Crippen molar-refractivity contribution in [3.8, 4) is 0 Å². The fraction of sp³-hybridized carbons (Fsp3) is 0. The van der Waals surface area contributed by atoms with E-state index in [0.717, 1.165) is 0 Å². The summed E-state index contributed by atoms with van der Waals surface area (Å²) in [5.74, 6) is -2.88. The smallest absolute Gasteiger partial charge is 0.258 e. The topological polar surface area (TPSA) is 86.3 Å².